The average Bonchev–Trinajstić information content (AvgIpc) is 3.25. The Bertz CT molecular complexity index is 547. The van der Waals surface area contributed by atoms with Gasteiger partial charge in [-0.05, 0) is 38.5 Å². The van der Waals surface area contributed by atoms with E-state index in [0.717, 1.165) is 50.2 Å². The molecule has 1 aromatic heterocycles. The molecule has 6 nitrogen and oxygen atoms in total. The third-order valence-corrected chi connectivity index (χ3v) is 5.46. The van der Waals surface area contributed by atoms with E-state index in [2.05, 4.69) is 21.7 Å². The summed E-state index contributed by atoms with van der Waals surface area (Å²) < 4.78 is 0. The molecule has 0 unspecified atom stereocenters. The van der Waals surface area contributed by atoms with E-state index in [9.17, 15) is 4.79 Å². The van der Waals surface area contributed by atoms with Crippen LogP contribution in [-0.2, 0) is 4.79 Å². The first-order chi connectivity index (χ1) is 11.3. The minimum atomic E-state index is -0.220. The molecule has 1 amide bonds. The molecule has 1 aliphatic heterocycles. The third-order valence-electron chi connectivity index (χ3n) is 4.75. The van der Waals surface area contributed by atoms with E-state index in [-0.39, 0.29) is 11.9 Å². The van der Waals surface area contributed by atoms with Crippen molar-refractivity contribution in [1.29, 1.82) is 5.26 Å². The molecule has 1 saturated heterocycles. The Kier molecular flexibility index (Phi) is 5.47. The van der Waals surface area contributed by atoms with Crippen molar-refractivity contribution in [2.24, 2.45) is 0 Å². The van der Waals surface area contributed by atoms with E-state index >= 15 is 0 Å². The Hall–Kier alpha value is -1.65. The fourth-order valence-corrected chi connectivity index (χ4v) is 4.05. The molecule has 1 saturated carbocycles. The number of amides is 1. The Labute approximate surface area is 140 Å². The van der Waals surface area contributed by atoms with Gasteiger partial charge in [-0.3, -0.25) is 4.79 Å². The van der Waals surface area contributed by atoms with Crippen LogP contribution in [0.1, 0.15) is 38.5 Å². The van der Waals surface area contributed by atoms with Crippen LogP contribution in [0.4, 0.5) is 5.13 Å². The van der Waals surface area contributed by atoms with Gasteiger partial charge < -0.3 is 15.5 Å². The number of carbonyl (C=O) groups is 1. The summed E-state index contributed by atoms with van der Waals surface area (Å²) in [5.41, 5.74) is 0. The number of rotatable bonds is 5. The van der Waals surface area contributed by atoms with Gasteiger partial charge in [0.2, 0.25) is 5.91 Å². The molecule has 7 heteroatoms. The van der Waals surface area contributed by atoms with Gasteiger partial charge in [-0.1, -0.05) is 0 Å². The zero-order valence-corrected chi connectivity index (χ0v) is 14.0. The first-order valence-electron chi connectivity index (χ1n) is 8.35. The normalized spacial score (nSPS) is 27.6. The molecule has 1 aliphatic carbocycles. The highest BCUT2D eigenvalue weighted by Gasteiger charge is 2.29. The van der Waals surface area contributed by atoms with Gasteiger partial charge in [-0.15, -0.1) is 11.3 Å². The molecule has 2 aliphatic rings. The number of nitrogens with one attached hydrogen (secondary N) is 2. The van der Waals surface area contributed by atoms with Crippen LogP contribution >= 0.6 is 11.3 Å². The van der Waals surface area contributed by atoms with Gasteiger partial charge in [-0.25, -0.2) is 4.98 Å². The molecule has 23 heavy (non-hydrogen) atoms. The second kappa shape index (κ2) is 7.75. The second-order valence-electron chi connectivity index (χ2n) is 6.29. The van der Waals surface area contributed by atoms with Gasteiger partial charge >= 0.3 is 0 Å². The lowest BCUT2D eigenvalue weighted by Crippen LogP contribution is -2.45. The SMILES string of the molecule is N#C[C@@H]1CCCN1C(=O)CNC1CCC(Nc2nccs2)CC1. The molecule has 0 radical (unpaired) electrons. The van der Waals surface area contributed by atoms with Gasteiger partial charge in [0, 0.05) is 30.2 Å². The van der Waals surface area contributed by atoms with Crippen molar-refractivity contribution in [3.05, 3.63) is 11.6 Å². The maximum absolute atomic E-state index is 12.2. The zero-order chi connectivity index (χ0) is 16.1. The Morgan fingerprint density at radius 1 is 1.35 bits per heavy atom. The van der Waals surface area contributed by atoms with E-state index < -0.39 is 0 Å². The van der Waals surface area contributed by atoms with Crippen LogP contribution in [-0.4, -0.2) is 47.0 Å². The molecule has 2 fully saturated rings. The van der Waals surface area contributed by atoms with Gasteiger partial charge in [0.15, 0.2) is 5.13 Å². The molecule has 0 spiro atoms. The molecule has 2 N–H and O–H groups in total. The predicted molar refractivity (Wildman–Crippen MR) is 90.1 cm³/mol. The highest BCUT2D eigenvalue weighted by atomic mass is 32.1. The molecule has 0 bridgehead atoms. The number of aromatic nitrogens is 1. The quantitative estimate of drug-likeness (QED) is 0.861. The summed E-state index contributed by atoms with van der Waals surface area (Å²) in [5, 5.41) is 18.9. The number of carbonyl (C=O) groups excluding carboxylic acids is 1. The molecule has 0 aromatic carbocycles. The van der Waals surface area contributed by atoms with Crippen LogP contribution in [0.25, 0.3) is 0 Å². The van der Waals surface area contributed by atoms with Crippen molar-refractivity contribution >= 4 is 22.4 Å². The standard InChI is InChI=1S/C16H23N5OS/c17-10-14-2-1-8-21(14)15(22)11-19-12-3-5-13(6-4-12)20-16-18-7-9-23-16/h7,9,12-14,19H,1-6,8,11H2,(H,18,20)/t12?,13?,14-/m0/s1. The number of nitrogens with zero attached hydrogens (tertiary/aromatic N) is 3. The van der Waals surface area contributed by atoms with E-state index in [1.807, 2.05) is 11.6 Å². The Morgan fingerprint density at radius 2 is 2.13 bits per heavy atom. The van der Waals surface area contributed by atoms with Crippen molar-refractivity contribution in [3.8, 4) is 6.07 Å². The number of hydrogen-bond acceptors (Lipinski definition) is 6. The highest BCUT2D eigenvalue weighted by molar-refractivity contribution is 7.13. The lowest BCUT2D eigenvalue weighted by molar-refractivity contribution is -0.130. The van der Waals surface area contributed by atoms with Gasteiger partial charge in [-0.2, -0.15) is 5.26 Å². The first kappa shape index (κ1) is 16.2. The van der Waals surface area contributed by atoms with Gasteiger partial charge in [0.1, 0.15) is 6.04 Å². The Balaban J connectivity index is 1.37. The van der Waals surface area contributed by atoms with Gasteiger partial charge in [0.05, 0.1) is 12.6 Å². The number of thiazole rings is 1. The monoisotopic (exact) mass is 333 g/mol. The largest absolute Gasteiger partial charge is 0.359 e. The summed E-state index contributed by atoms with van der Waals surface area (Å²) in [4.78, 5) is 18.2. The van der Waals surface area contributed by atoms with Crippen molar-refractivity contribution in [3.63, 3.8) is 0 Å². The van der Waals surface area contributed by atoms with Crippen LogP contribution in [0.5, 0.6) is 0 Å². The minimum Gasteiger partial charge on any atom is -0.359 e. The lowest BCUT2D eigenvalue weighted by atomic mass is 9.91. The number of anilines is 1. The maximum Gasteiger partial charge on any atom is 0.237 e. The topological polar surface area (TPSA) is 81.0 Å². The summed E-state index contributed by atoms with van der Waals surface area (Å²) in [6.45, 7) is 1.08. The summed E-state index contributed by atoms with van der Waals surface area (Å²) in [6, 6.07) is 2.89. The van der Waals surface area contributed by atoms with Crippen LogP contribution in [0.2, 0.25) is 0 Å². The Morgan fingerprint density at radius 3 is 2.83 bits per heavy atom. The predicted octanol–water partition coefficient (Wildman–Crippen LogP) is 1.97. The average molecular weight is 333 g/mol. The molecular formula is C16H23N5OS. The van der Waals surface area contributed by atoms with Crippen molar-refractivity contribution in [2.75, 3.05) is 18.4 Å². The summed E-state index contributed by atoms with van der Waals surface area (Å²) in [7, 11) is 0. The fourth-order valence-electron chi connectivity index (χ4n) is 3.44. The van der Waals surface area contributed by atoms with Crippen LogP contribution in [0, 0.1) is 11.3 Å². The maximum atomic E-state index is 12.2. The highest BCUT2D eigenvalue weighted by Crippen LogP contribution is 2.23. The molecular weight excluding hydrogens is 310 g/mol. The second-order valence-corrected chi connectivity index (χ2v) is 7.18. The molecule has 1 atom stereocenters. The van der Waals surface area contributed by atoms with Crippen LogP contribution < -0.4 is 10.6 Å². The van der Waals surface area contributed by atoms with Gasteiger partial charge in [0.25, 0.3) is 0 Å². The summed E-state index contributed by atoms with van der Waals surface area (Å²) in [5.74, 6) is 0.0667. The number of likely N-dealkylation sites (tertiary alicyclic amines) is 1. The lowest BCUT2D eigenvalue weighted by Gasteiger charge is -2.30. The minimum absolute atomic E-state index is 0.0667. The fraction of sp³-hybridized carbons (Fsp3) is 0.688. The van der Waals surface area contributed by atoms with Crippen molar-refractivity contribution in [2.45, 2.75) is 56.7 Å². The van der Waals surface area contributed by atoms with Crippen LogP contribution in [0.15, 0.2) is 11.6 Å². The van der Waals surface area contributed by atoms with Crippen molar-refractivity contribution in [1.82, 2.24) is 15.2 Å². The molecule has 1 aromatic rings. The number of hydrogen-bond donors (Lipinski definition) is 2. The van der Waals surface area contributed by atoms with Crippen molar-refractivity contribution < 1.29 is 4.79 Å². The van der Waals surface area contributed by atoms with E-state index in [4.69, 9.17) is 5.26 Å². The smallest absolute Gasteiger partial charge is 0.237 e. The summed E-state index contributed by atoms with van der Waals surface area (Å²) >= 11 is 1.63. The third kappa shape index (κ3) is 4.21. The molecule has 124 valence electrons. The molecule has 2 heterocycles. The van der Waals surface area contributed by atoms with Crippen LogP contribution in [0.3, 0.4) is 0 Å². The first-order valence-corrected chi connectivity index (χ1v) is 9.22. The van der Waals surface area contributed by atoms with E-state index in [1.54, 1.807) is 16.2 Å². The van der Waals surface area contributed by atoms with E-state index in [0.29, 0.717) is 18.6 Å². The zero-order valence-electron chi connectivity index (χ0n) is 13.2. The summed E-state index contributed by atoms with van der Waals surface area (Å²) in [6.07, 6.45) is 7.90. The molecule has 3 rings (SSSR count). The van der Waals surface area contributed by atoms with E-state index in [1.165, 1.54) is 0 Å². The number of nitriles is 1.